The fraction of sp³-hybridized carbons (Fsp3) is 0.562. The first kappa shape index (κ1) is 15.2. The lowest BCUT2D eigenvalue weighted by molar-refractivity contribution is -0.128. The second-order valence-corrected chi connectivity index (χ2v) is 5.85. The van der Waals surface area contributed by atoms with Gasteiger partial charge in [0.1, 0.15) is 5.75 Å². The van der Waals surface area contributed by atoms with E-state index in [1.165, 1.54) is 25.7 Å². The Labute approximate surface area is 125 Å². The van der Waals surface area contributed by atoms with E-state index in [4.69, 9.17) is 16.3 Å². The van der Waals surface area contributed by atoms with Crippen LogP contribution >= 0.6 is 11.6 Å². The summed E-state index contributed by atoms with van der Waals surface area (Å²) in [6.45, 7) is 1.77. The molecule has 0 radical (unpaired) electrons. The van der Waals surface area contributed by atoms with E-state index in [9.17, 15) is 4.79 Å². The molecule has 1 aromatic carbocycles. The van der Waals surface area contributed by atoms with Gasteiger partial charge in [-0.05, 0) is 38.0 Å². The lowest BCUT2D eigenvalue weighted by Gasteiger charge is -2.20. The number of carbonyl (C=O) groups is 1. The van der Waals surface area contributed by atoms with Crippen molar-refractivity contribution in [3.63, 3.8) is 0 Å². The van der Waals surface area contributed by atoms with Crippen LogP contribution < -0.4 is 10.1 Å². The number of amides is 1. The Balaban J connectivity index is 1.85. The van der Waals surface area contributed by atoms with Crippen molar-refractivity contribution in [2.45, 2.75) is 57.6 Å². The van der Waals surface area contributed by atoms with Gasteiger partial charge in [0, 0.05) is 11.1 Å². The molecule has 0 saturated heterocycles. The predicted molar refractivity (Wildman–Crippen MR) is 81.2 cm³/mol. The molecule has 0 unspecified atom stereocenters. The maximum Gasteiger partial charge on any atom is 0.260 e. The van der Waals surface area contributed by atoms with Gasteiger partial charge in [0.05, 0.1) is 0 Å². The van der Waals surface area contributed by atoms with Crippen molar-refractivity contribution in [2.75, 3.05) is 0 Å². The van der Waals surface area contributed by atoms with Crippen molar-refractivity contribution >= 4 is 17.5 Å². The van der Waals surface area contributed by atoms with Crippen LogP contribution in [0, 0.1) is 0 Å². The molecule has 1 N–H and O–H groups in total. The summed E-state index contributed by atoms with van der Waals surface area (Å²) < 4.78 is 5.63. The summed E-state index contributed by atoms with van der Waals surface area (Å²) in [6, 6.07) is 7.42. The Kier molecular flexibility index (Phi) is 5.72. The molecule has 3 nitrogen and oxygen atoms in total. The first-order valence-corrected chi connectivity index (χ1v) is 7.75. The van der Waals surface area contributed by atoms with Crippen molar-refractivity contribution in [3.05, 3.63) is 29.3 Å². The van der Waals surface area contributed by atoms with Crippen LogP contribution in [0.25, 0.3) is 0 Å². The second kappa shape index (κ2) is 7.53. The van der Waals surface area contributed by atoms with Gasteiger partial charge in [-0.1, -0.05) is 43.4 Å². The maximum absolute atomic E-state index is 12.1. The summed E-state index contributed by atoms with van der Waals surface area (Å²) >= 11 is 5.90. The summed E-state index contributed by atoms with van der Waals surface area (Å²) in [4.78, 5) is 12.1. The molecule has 1 atom stereocenters. The summed E-state index contributed by atoms with van der Waals surface area (Å²) in [5.41, 5.74) is 0. The molecule has 1 amide bonds. The van der Waals surface area contributed by atoms with E-state index < -0.39 is 6.10 Å². The lowest BCUT2D eigenvalue weighted by atomic mass is 10.1. The highest BCUT2D eigenvalue weighted by molar-refractivity contribution is 6.30. The van der Waals surface area contributed by atoms with Gasteiger partial charge in [-0.2, -0.15) is 0 Å². The van der Waals surface area contributed by atoms with Crippen LogP contribution in [0.5, 0.6) is 5.75 Å². The third-order valence-corrected chi connectivity index (χ3v) is 3.91. The predicted octanol–water partition coefficient (Wildman–Crippen LogP) is 3.95. The summed E-state index contributed by atoms with van der Waals surface area (Å²) in [6.07, 6.45) is 6.62. The Hall–Kier alpha value is -1.22. The molecular weight excluding hydrogens is 274 g/mol. The Morgan fingerprint density at radius 2 is 2.00 bits per heavy atom. The molecule has 1 aliphatic carbocycles. The Morgan fingerprint density at radius 3 is 2.65 bits per heavy atom. The van der Waals surface area contributed by atoms with Gasteiger partial charge in [-0.25, -0.2) is 0 Å². The van der Waals surface area contributed by atoms with E-state index in [1.54, 1.807) is 25.1 Å². The molecule has 0 aromatic heterocycles. The van der Waals surface area contributed by atoms with Gasteiger partial charge < -0.3 is 10.1 Å². The van der Waals surface area contributed by atoms with Crippen LogP contribution in [-0.2, 0) is 4.79 Å². The summed E-state index contributed by atoms with van der Waals surface area (Å²) in [7, 11) is 0. The van der Waals surface area contributed by atoms with Crippen LogP contribution in [0.3, 0.4) is 0 Å². The minimum absolute atomic E-state index is 0.0446. The molecule has 4 heteroatoms. The molecular formula is C16H22ClNO2. The van der Waals surface area contributed by atoms with Crippen LogP contribution in [0.15, 0.2) is 24.3 Å². The van der Waals surface area contributed by atoms with E-state index in [-0.39, 0.29) is 5.91 Å². The molecule has 20 heavy (non-hydrogen) atoms. The molecule has 1 saturated carbocycles. The molecule has 1 aliphatic rings. The van der Waals surface area contributed by atoms with Crippen molar-refractivity contribution in [1.82, 2.24) is 5.32 Å². The number of hydrogen-bond donors (Lipinski definition) is 1. The first-order chi connectivity index (χ1) is 9.65. The number of nitrogens with one attached hydrogen (secondary N) is 1. The van der Waals surface area contributed by atoms with Gasteiger partial charge in [0.25, 0.3) is 5.91 Å². The number of hydrogen-bond acceptors (Lipinski definition) is 2. The van der Waals surface area contributed by atoms with Gasteiger partial charge >= 0.3 is 0 Å². The van der Waals surface area contributed by atoms with Crippen molar-refractivity contribution < 1.29 is 9.53 Å². The van der Waals surface area contributed by atoms with E-state index in [0.29, 0.717) is 16.8 Å². The van der Waals surface area contributed by atoms with E-state index >= 15 is 0 Å². The molecule has 1 fully saturated rings. The molecule has 0 aliphatic heterocycles. The molecule has 110 valence electrons. The monoisotopic (exact) mass is 295 g/mol. The quantitative estimate of drug-likeness (QED) is 0.854. The summed E-state index contributed by atoms with van der Waals surface area (Å²) in [5.74, 6) is 0.581. The van der Waals surface area contributed by atoms with Gasteiger partial charge in [-0.15, -0.1) is 0 Å². The van der Waals surface area contributed by atoms with Gasteiger partial charge in [-0.3, -0.25) is 4.79 Å². The fourth-order valence-corrected chi connectivity index (χ4v) is 2.72. The lowest BCUT2D eigenvalue weighted by Crippen LogP contribution is -2.42. The van der Waals surface area contributed by atoms with Gasteiger partial charge in [0.15, 0.2) is 6.10 Å². The topological polar surface area (TPSA) is 38.3 Å². The molecule has 0 spiro atoms. The zero-order valence-corrected chi connectivity index (χ0v) is 12.7. The largest absolute Gasteiger partial charge is 0.481 e. The number of halogens is 1. The minimum atomic E-state index is -0.503. The molecule has 2 rings (SSSR count). The second-order valence-electron chi connectivity index (χ2n) is 5.41. The standard InChI is InChI=1S/C16H22ClNO2/c1-12(20-15-10-6-7-13(17)11-15)16(19)18-14-8-4-2-3-5-9-14/h6-7,10-12,14H,2-5,8-9H2,1H3,(H,18,19)/t12-/m0/s1. The zero-order valence-electron chi connectivity index (χ0n) is 11.9. The SMILES string of the molecule is C[C@H](Oc1cccc(Cl)c1)C(=O)NC1CCCCCC1. The first-order valence-electron chi connectivity index (χ1n) is 7.38. The fourth-order valence-electron chi connectivity index (χ4n) is 2.54. The van der Waals surface area contributed by atoms with Crippen molar-refractivity contribution in [2.24, 2.45) is 0 Å². The third-order valence-electron chi connectivity index (χ3n) is 3.68. The van der Waals surface area contributed by atoms with Crippen LogP contribution in [-0.4, -0.2) is 18.1 Å². The third kappa shape index (κ3) is 4.71. The van der Waals surface area contributed by atoms with Crippen molar-refractivity contribution in [1.29, 1.82) is 0 Å². The smallest absolute Gasteiger partial charge is 0.260 e. The molecule has 1 aromatic rings. The highest BCUT2D eigenvalue weighted by atomic mass is 35.5. The van der Waals surface area contributed by atoms with Crippen molar-refractivity contribution in [3.8, 4) is 5.75 Å². The van der Waals surface area contributed by atoms with E-state index in [0.717, 1.165) is 12.8 Å². The number of rotatable bonds is 4. The normalized spacial score (nSPS) is 18.1. The maximum atomic E-state index is 12.1. The average Bonchev–Trinajstić information content (AvgIpc) is 2.67. The Morgan fingerprint density at radius 1 is 1.30 bits per heavy atom. The number of carbonyl (C=O) groups excluding carboxylic acids is 1. The number of ether oxygens (including phenoxy) is 1. The summed E-state index contributed by atoms with van der Waals surface area (Å²) in [5, 5.41) is 3.71. The zero-order chi connectivity index (χ0) is 14.4. The highest BCUT2D eigenvalue weighted by Gasteiger charge is 2.20. The highest BCUT2D eigenvalue weighted by Crippen LogP contribution is 2.19. The van der Waals surface area contributed by atoms with E-state index in [2.05, 4.69) is 5.32 Å². The van der Waals surface area contributed by atoms with Crippen LogP contribution in [0.2, 0.25) is 5.02 Å². The average molecular weight is 296 g/mol. The minimum Gasteiger partial charge on any atom is -0.481 e. The van der Waals surface area contributed by atoms with Gasteiger partial charge in [0.2, 0.25) is 0 Å². The van der Waals surface area contributed by atoms with Crippen LogP contribution in [0.1, 0.15) is 45.4 Å². The van der Waals surface area contributed by atoms with E-state index in [1.807, 2.05) is 6.07 Å². The Bertz CT molecular complexity index is 442. The number of benzene rings is 1. The van der Waals surface area contributed by atoms with Crippen LogP contribution in [0.4, 0.5) is 0 Å². The molecule has 0 heterocycles. The molecule has 0 bridgehead atoms.